The molecule has 5 nitrogen and oxygen atoms in total. The van der Waals surface area contributed by atoms with Crippen LogP contribution in [0.15, 0.2) is 23.3 Å². The Kier molecular flexibility index (Phi) is 6.93. The molecule has 0 radical (unpaired) electrons. The summed E-state index contributed by atoms with van der Waals surface area (Å²) in [5, 5.41) is 32.3. The molecule has 3 N–H and O–H groups in total. The van der Waals surface area contributed by atoms with E-state index in [0.29, 0.717) is 25.7 Å². The molecule has 2 aliphatic carbocycles. The van der Waals surface area contributed by atoms with Crippen LogP contribution < -0.4 is 0 Å². The Bertz CT molecular complexity index is 608. The Morgan fingerprint density at radius 2 is 2.00 bits per heavy atom. The van der Waals surface area contributed by atoms with E-state index < -0.39 is 17.8 Å². The van der Waals surface area contributed by atoms with Crippen LogP contribution in [0.4, 0.5) is 0 Å². The Balaban J connectivity index is 2.46. The minimum atomic E-state index is -0.912. The van der Waals surface area contributed by atoms with Gasteiger partial charge in [-0.05, 0) is 55.6 Å². The maximum Gasteiger partial charge on any atom is 0.303 e. The third kappa shape index (κ3) is 4.82. The summed E-state index contributed by atoms with van der Waals surface area (Å²) in [5.41, 5.74) is 0.584. The Labute approximate surface area is 163 Å². The van der Waals surface area contributed by atoms with Gasteiger partial charge in [0.25, 0.3) is 0 Å². The van der Waals surface area contributed by atoms with E-state index in [0.717, 1.165) is 17.6 Å². The predicted molar refractivity (Wildman–Crippen MR) is 105 cm³/mol. The lowest BCUT2D eigenvalue weighted by molar-refractivity contribution is -0.144. The average Bonchev–Trinajstić information content (AvgIpc) is 2.82. The highest BCUT2D eigenvalue weighted by Gasteiger charge is 2.57. The van der Waals surface area contributed by atoms with Crippen molar-refractivity contribution < 1.29 is 24.9 Å². The normalized spacial score (nSPS) is 41.7. The lowest BCUT2D eigenvalue weighted by Crippen LogP contribution is -2.49. The number of aliphatic hydroxyl groups is 3. The van der Waals surface area contributed by atoms with Crippen LogP contribution in [0.25, 0.3) is 0 Å². The van der Waals surface area contributed by atoms with Gasteiger partial charge in [0.15, 0.2) is 0 Å². The van der Waals surface area contributed by atoms with Gasteiger partial charge in [-0.3, -0.25) is 4.79 Å². The van der Waals surface area contributed by atoms with E-state index in [1.807, 2.05) is 32.9 Å². The van der Waals surface area contributed by atoms with Crippen LogP contribution in [0.5, 0.6) is 0 Å². The van der Waals surface area contributed by atoms with Gasteiger partial charge >= 0.3 is 5.97 Å². The van der Waals surface area contributed by atoms with Gasteiger partial charge in [0.1, 0.15) is 6.10 Å². The zero-order valence-corrected chi connectivity index (χ0v) is 17.4. The Morgan fingerprint density at radius 3 is 2.56 bits per heavy atom. The van der Waals surface area contributed by atoms with E-state index in [-0.39, 0.29) is 29.8 Å². The quantitative estimate of drug-likeness (QED) is 0.517. The molecule has 2 rings (SSSR count). The monoisotopic (exact) mass is 380 g/mol. The molecule has 5 heteroatoms. The van der Waals surface area contributed by atoms with Crippen molar-refractivity contribution in [3.05, 3.63) is 23.3 Å². The molecular formula is C22H36O5. The molecule has 1 saturated carbocycles. The molecule has 0 aliphatic heterocycles. The van der Waals surface area contributed by atoms with Crippen LogP contribution in [0.3, 0.4) is 0 Å². The van der Waals surface area contributed by atoms with Crippen molar-refractivity contribution in [1.82, 2.24) is 0 Å². The molecule has 2 aliphatic rings. The van der Waals surface area contributed by atoms with Gasteiger partial charge in [0.2, 0.25) is 0 Å². The molecule has 154 valence electrons. The maximum atomic E-state index is 11.5. The summed E-state index contributed by atoms with van der Waals surface area (Å²) in [4.78, 5) is 11.5. The standard InChI is InChI=1S/C22H36O5/c1-14(2)22(26)9-8-21(5)7-6-17(13-23)12-18(27-16(4)24)10-15(3)11-19(25)20(21)22/h6,10,14,18-20,23,25-26H,7-9,11-13H2,1-5H3/b15-10+,17-6-/t18-,19-,20-,21+,22-/m1/s1. The number of aliphatic hydroxyl groups excluding tert-OH is 2. The molecule has 0 aromatic heterocycles. The molecule has 1 fully saturated rings. The lowest BCUT2D eigenvalue weighted by atomic mass is 9.66. The third-order valence-electron chi connectivity index (χ3n) is 6.61. The van der Waals surface area contributed by atoms with E-state index in [4.69, 9.17) is 4.74 Å². The Morgan fingerprint density at radius 1 is 1.33 bits per heavy atom. The number of allylic oxidation sites excluding steroid dienone is 1. The van der Waals surface area contributed by atoms with Crippen molar-refractivity contribution in [3.8, 4) is 0 Å². The summed E-state index contributed by atoms with van der Waals surface area (Å²) in [6.45, 7) is 9.35. The first-order chi connectivity index (χ1) is 12.5. The van der Waals surface area contributed by atoms with Gasteiger partial charge in [0.05, 0.1) is 18.3 Å². The van der Waals surface area contributed by atoms with E-state index >= 15 is 0 Å². The molecule has 0 aromatic rings. The zero-order valence-electron chi connectivity index (χ0n) is 17.4. The van der Waals surface area contributed by atoms with Gasteiger partial charge in [-0.2, -0.15) is 0 Å². The lowest BCUT2D eigenvalue weighted by Gasteiger charge is -2.43. The topological polar surface area (TPSA) is 87.0 Å². The van der Waals surface area contributed by atoms with Crippen molar-refractivity contribution in [3.63, 3.8) is 0 Å². The summed E-state index contributed by atoms with van der Waals surface area (Å²) in [6.07, 6.45) is 5.78. The highest BCUT2D eigenvalue weighted by molar-refractivity contribution is 5.66. The number of rotatable bonds is 3. The van der Waals surface area contributed by atoms with E-state index in [2.05, 4.69) is 6.92 Å². The van der Waals surface area contributed by atoms with Gasteiger partial charge < -0.3 is 20.1 Å². The minimum absolute atomic E-state index is 0.0449. The summed E-state index contributed by atoms with van der Waals surface area (Å²) in [7, 11) is 0. The van der Waals surface area contributed by atoms with E-state index in [9.17, 15) is 20.1 Å². The second-order valence-electron chi connectivity index (χ2n) is 9.14. The molecular weight excluding hydrogens is 344 g/mol. The highest BCUT2D eigenvalue weighted by Crippen LogP contribution is 2.56. The fraction of sp³-hybridized carbons (Fsp3) is 0.773. The number of hydrogen-bond donors (Lipinski definition) is 3. The Hall–Kier alpha value is -1.17. The van der Waals surface area contributed by atoms with Crippen LogP contribution in [0.1, 0.15) is 66.7 Å². The van der Waals surface area contributed by atoms with Crippen LogP contribution in [0, 0.1) is 17.3 Å². The number of fused-ring (bicyclic) bond motifs is 1. The molecule has 27 heavy (non-hydrogen) atoms. The SMILES string of the molecule is CC(=O)O[C@@H]1/C=C(\C)C[C@@H](O)[C@@H]2[C@@](C)(C/C=C(\CO)C1)CC[C@@]2(O)C(C)C. The molecule has 0 unspecified atom stereocenters. The van der Waals surface area contributed by atoms with Crippen molar-refractivity contribution >= 4 is 5.97 Å². The van der Waals surface area contributed by atoms with Gasteiger partial charge in [-0.15, -0.1) is 0 Å². The highest BCUT2D eigenvalue weighted by atomic mass is 16.5. The average molecular weight is 381 g/mol. The van der Waals surface area contributed by atoms with Gasteiger partial charge in [-0.25, -0.2) is 0 Å². The van der Waals surface area contributed by atoms with Crippen molar-refractivity contribution in [1.29, 1.82) is 0 Å². The summed E-state index contributed by atoms with van der Waals surface area (Å²) in [5.74, 6) is -0.576. The maximum absolute atomic E-state index is 11.5. The summed E-state index contributed by atoms with van der Waals surface area (Å²) >= 11 is 0. The molecule has 0 heterocycles. The minimum Gasteiger partial charge on any atom is -0.458 e. The van der Waals surface area contributed by atoms with Crippen LogP contribution in [-0.2, 0) is 9.53 Å². The smallest absolute Gasteiger partial charge is 0.303 e. The first-order valence-corrected chi connectivity index (χ1v) is 10.1. The summed E-state index contributed by atoms with van der Waals surface area (Å²) < 4.78 is 5.40. The zero-order chi connectivity index (χ0) is 20.4. The number of hydrogen-bond acceptors (Lipinski definition) is 5. The molecule has 5 atom stereocenters. The van der Waals surface area contributed by atoms with Crippen molar-refractivity contribution in [2.45, 2.75) is 84.5 Å². The number of carbonyl (C=O) groups is 1. The second-order valence-corrected chi connectivity index (χ2v) is 9.14. The van der Waals surface area contributed by atoms with E-state index in [1.165, 1.54) is 6.92 Å². The van der Waals surface area contributed by atoms with Crippen molar-refractivity contribution in [2.75, 3.05) is 6.61 Å². The largest absolute Gasteiger partial charge is 0.458 e. The summed E-state index contributed by atoms with van der Waals surface area (Å²) in [6, 6.07) is 0. The first-order valence-electron chi connectivity index (χ1n) is 10.1. The van der Waals surface area contributed by atoms with E-state index in [1.54, 1.807) is 0 Å². The predicted octanol–water partition coefficient (Wildman–Crippen LogP) is 3.13. The molecule has 0 aromatic carbocycles. The fourth-order valence-electron chi connectivity index (χ4n) is 5.10. The van der Waals surface area contributed by atoms with Crippen molar-refractivity contribution in [2.24, 2.45) is 17.3 Å². The second kappa shape index (κ2) is 8.46. The van der Waals surface area contributed by atoms with Crippen LogP contribution >= 0.6 is 0 Å². The third-order valence-corrected chi connectivity index (χ3v) is 6.61. The first kappa shape index (κ1) is 22.1. The molecule has 0 spiro atoms. The van der Waals surface area contributed by atoms with Gasteiger partial charge in [0, 0.05) is 19.3 Å². The molecule has 0 amide bonds. The van der Waals surface area contributed by atoms with Crippen LogP contribution in [-0.4, -0.2) is 45.7 Å². The van der Waals surface area contributed by atoms with Crippen LogP contribution in [0.2, 0.25) is 0 Å². The number of ether oxygens (including phenoxy) is 1. The number of esters is 1. The molecule has 0 bridgehead atoms. The van der Waals surface area contributed by atoms with Gasteiger partial charge in [-0.1, -0.05) is 32.4 Å². The number of carbonyl (C=O) groups excluding carboxylic acids is 1. The fourth-order valence-corrected chi connectivity index (χ4v) is 5.10. The molecule has 0 saturated heterocycles.